The number of hydrogen-bond donors (Lipinski definition) is 1. The molecule has 17 heavy (non-hydrogen) atoms. The van der Waals surface area contributed by atoms with E-state index in [1.807, 2.05) is 11.8 Å². The fraction of sp³-hybridized carbons (Fsp3) is 1.00. The highest BCUT2D eigenvalue weighted by Crippen LogP contribution is 2.26. The lowest BCUT2D eigenvalue weighted by Gasteiger charge is -2.34. The van der Waals surface area contributed by atoms with Crippen molar-refractivity contribution in [2.45, 2.75) is 45.6 Å². The topological polar surface area (TPSA) is 15.3 Å². The molecular formula is C14H30N2S. The molecule has 0 aromatic heterocycles. The molecule has 0 heterocycles. The van der Waals surface area contributed by atoms with Gasteiger partial charge in [0.2, 0.25) is 0 Å². The second kappa shape index (κ2) is 7.65. The largest absolute Gasteiger partial charge is 0.313 e. The van der Waals surface area contributed by atoms with E-state index >= 15 is 0 Å². The van der Waals surface area contributed by atoms with Crippen LogP contribution >= 0.6 is 11.8 Å². The molecule has 0 aromatic carbocycles. The maximum absolute atomic E-state index is 3.71. The number of hydrogen-bond acceptors (Lipinski definition) is 3. The van der Waals surface area contributed by atoms with Gasteiger partial charge in [0.1, 0.15) is 0 Å². The first-order valence-electron chi connectivity index (χ1n) is 7.00. The minimum atomic E-state index is 0.449. The van der Waals surface area contributed by atoms with Gasteiger partial charge in [0.15, 0.2) is 0 Å². The first-order valence-corrected chi connectivity index (χ1v) is 8.40. The molecular weight excluding hydrogens is 228 g/mol. The second-order valence-electron chi connectivity index (χ2n) is 5.95. The van der Waals surface area contributed by atoms with E-state index in [2.05, 4.69) is 37.4 Å². The zero-order valence-corrected chi connectivity index (χ0v) is 12.9. The third kappa shape index (κ3) is 6.68. The van der Waals surface area contributed by atoms with Gasteiger partial charge in [0, 0.05) is 31.4 Å². The Morgan fingerprint density at radius 1 is 1.41 bits per heavy atom. The van der Waals surface area contributed by atoms with Crippen LogP contribution in [0.5, 0.6) is 0 Å². The average Bonchev–Trinajstić information content (AvgIpc) is 3.08. The minimum absolute atomic E-state index is 0.449. The van der Waals surface area contributed by atoms with Gasteiger partial charge in [-0.2, -0.15) is 11.8 Å². The summed E-state index contributed by atoms with van der Waals surface area (Å²) in [5.41, 5.74) is 0.449. The Labute approximate surface area is 112 Å². The summed E-state index contributed by atoms with van der Waals surface area (Å²) in [6, 6.07) is 0.836. The van der Waals surface area contributed by atoms with Gasteiger partial charge in [-0.25, -0.2) is 0 Å². The normalized spacial score (nSPS) is 19.6. The lowest BCUT2D eigenvalue weighted by atomic mass is 9.85. The fourth-order valence-electron chi connectivity index (χ4n) is 2.48. The van der Waals surface area contributed by atoms with Crippen molar-refractivity contribution in [3.63, 3.8) is 0 Å². The van der Waals surface area contributed by atoms with Crippen molar-refractivity contribution in [3.8, 4) is 0 Å². The SMILES string of the molecule is CCCC(C)(CNC1CC1)CN(C)CCSC. The van der Waals surface area contributed by atoms with Crippen LogP contribution < -0.4 is 5.32 Å². The van der Waals surface area contributed by atoms with Crippen LogP contribution in [0.25, 0.3) is 0 Å². The van der Waals surface area contributed by atoms with Crippen molar-refractivity contribution >= 4 is 11.8 Å². The van der Waals surface area contributed by atoms with Gasteiger partial charge in [-0.15, -0.1) is 0 Å². The Balaban J connectivity index is 2.32. The molecule has 1 rings (SSSR count). The van der Waals surface area contributed by atoms with Gasteiger partial charge in [-0.1, -0.05) is 20.3 Å². The van der Waals surface area contributed by atoms with Gasteiger partial charge in [-0.3, -0.25) is 0 Å². The van der Waals surface area contributed by atoms with Crippen LogP contribution in [-0.4, -0.2) is 49.6 Å². The third-order valence-electron chi connectivity index (χ3n) is 3.58. The molecule has 0 spiro atoms. The van der Waals surface area contributed by atoms with Gasteiger partial charge >= 0.3 is 0 Å². The minimum Gasteiger partial charge on any atom is -0.313 e. The van der Waals surface area contributed by atoms with Crippen molar-refractivity contribution in [1.82, 2.24) is 10.2 Å². The summed E-state index contributed by atoms with van der Waals surface area (Å²) < 4.78 is 0. The zero-order valence-electron chi connectivity index (χ0n) is 12.1. The molecule has 0 saturated heterocycles. The molecule has 3 heteroatoms. The summed E-state index contributed by atoms with van der Waals surface area (Å²) in [5, 5.41) is 3.71. The summed E-state index contributed by atoms with van der Waals surface area (Å²) in [6.45, 7) is 8.37. The molecule has 1 unspecified atom stereocenters. The maximum Gasteiger partial charge on any atom is 0.00694 e. The summed E-state index contributed by atoms with van der Waals surface area (Å²) in [4.78, 5) is 2.50. The smallest absolute Gasteiger partial charge is 0.00694 e. The second-order valence-corrected chi connectivity index (χ2v) is 6.93. The highest BCUT2D eigenvalue weighted by Gasteiger charge is 2.28. The van der Waals surface area contributed by atoms with E-state index in [0.717, 1.165) is 6.04 Å². The van der Waals surface area contributed by atoms with E-state index < -0.39 is 0 Å². The number of nitrogens with zero attached hydrogens (tertiary/aromatic N) is 1. The van der Waals surface area contributed by atoms with E-state index in [-0.39, 0.29) is 0 Å². The lowest BCUT2D eigenvalue weighted by Crippen LogP contribution is -2.42. The monoisotopic (exact) mass is 258 g/mol. The third-order valence-corrected chi connectivity index (χ3v) is 4.17. The van der Waals surface area contributed by atoms with Gasteiger partial charge in [0.25, 0.3) is 0 Å². The van der Waals surface area contributed by atoms with Crippen LogP contribution in [-0.2, 0) is 0 Å². The van der Waals surface area contributed by atoms with Crippen molar-refractivity contribution in [3.05, 3.63) is 0 Å². The quantitative estimate of drug-likeness (QED) is 0.649. The van der Waals surface area contributed by atoms with Crippen molar-refractivity contribution in [2.75, 3.05) is 38.7 Å². The van der Waals surface area contributed by atoms with E-state index in [9.17, 15) is 0 Å². The van der Waals surface area contributed by atoms with Gasteiger partial charge < -0.3 is 10.2 Å². The fourth-order valence-corrected chi connectivity index (χ4v) is 2.98. The molecule has 1 aliphatic rings. The molecule has 1 aliphatic carbocycles. The Morgan fingerprint density at radius 2 is 2.12 bits per heavy atom. The summed E-state index contributed by atoms with van der Waals surface area (Å²) in [7, 11) is 2.27. The molecule has 2 nitrogen and oxygen atoms in total. The summed E-state index contributed by atoms with van der Waals surface area (Å²) in [5.74, 6) is 1.24. The van der Waals surface area contributed by atoms with Crippen LogP contribution in [0.4, 0.5) is 0 Å². The van der Waals surface area contributed by atoms with E-state index in [0.29, 0.717) is 5.41 Å². The number of thioether (sulfide) groups is 1. The highest BCUT2D eigenvalue weighted by molar-refractivity contribution is 7.98. The molecule has 0 aromatic rings. The highest BCUT2D eigenvalue weighted by atomic mass is 32.2. The first kappa shape index (κ1) is 15.3. The molecule has 1 saturated carbocycles. The van der Waals surface area contributed by atoms with Crippen LogP contribution in [0.2, 0.25) is 0 Å². The molecule has 0 aliphatic heterocycles. The van der Waals surface area contributed by atoms with Gasteiger partial charge in [-0.05, 0) is 38.0 Å². The standard InChI is InChI=1S/C14H30N2S/c1-5-8-14(2,11-15-13-6-7-13)12-16(3)9-10-17-4/h13,15H,5-12H2,1-4H3. The van der Waals surface area contributed by atoms with Crippen molar-refractivity contribution in [2.24, 2.45) is 5.41 Å². The predicted octanol–water partition coefficient (Wildman–Crippen LogP) is 2.84. The number of rotatable bonds is 10. The Hall–Kier alpha value is 0.270. The molecule has 0 amide bonds. The molecule has 0 radical (unpaired) electrons. The van der Waals surface area contributed by atoms with Crippen molar-refractivity contribution < 1.29 is 0 Å². The zero-order chi connectivity index (χ0) is 12.7. The molecule has 1 atom stereocenters. The van der Waals surface area contributed by atoms with Gasteiger partial charge in [0.05, 0.1) is 0 Å². The molecule has 1 fully saturated rings. The van der Waals surface area contributed by atoms with Crippen molar-refractivity contribution in [1.29, 1.82) is 0 Å². The van der Waals surface area contributed by atoms with E-state index in [4.69, 9.17) is 0 Å². The molecule has 102 valence electrons. The summed E-state index contributed by atoms with van der Waals surface area (Å²) >= 11 is 1.94. The van der Waals surface area contributed by atoms with Crippen LogP contribution in [0.15, 0.2) is 0 Å². The summed E-state index contributed by atoms with van der Waals surface area (Å²) in [6.07, 6.45) is 7.60. The average molecular weight is 258 g/mol. The van der Waals surface area contributed by atoms with Crippen LogP contribution in [0, 0.1) is 5.41 Å². The molecule has 0 bridgehead atoms. The maximum atomic E-state index is 3.71. The van der Waals surface area contributed by atoms with Crippen LogP contribution in [0.1, 0.15) is 39.5 Å². The van der Waals surface area contributed by atoms with E-state index in [1.165, 1.54) is 51.1 Å². The predicted molar refractivity (Wildman–Crippen MR) is 79.9 cm³/mol. The Bertz CT molecular complexity index is 206. The molecule has 1 N–H and O–H groups in total. The Morgan fingerprint density at radius 3 is 2.65 bits per heavy atom. The van der Waals surface area contributed by atoms with Crippen LogP contribution in [0.3, 0.4) is 0 Å². The Kier molecular flexibility index (Phi) is 6.90. The first-order chi connectivity index (χ1) is 8.09. The lowest BCUT2D eigenvalue weighted by molar-refractivity contribution is 0.178. The van der Waals surface area contributed by atoms with E-state index in [1.54, 1.807) is 0 Å². The number of nitrogens with one attached hydrogen (secondary N) is 1.